The number of methoxy groups -OCH3 is 1. The molecule has 0 unspecified atom stereocenters. The number of sulfone groups is 1. The van der Waals surface area contributed by atoms with E-state index in [0.717, 1.165) is 6.26 Å². The maximum Gasteiger partial charge on any atom is 0.342 e. The maximum atomic E-state index is 11.9. The van der Waals surface area contributed by atoms with E-state index in [9.17, 15) is 23.1 Å². The van der Waals surface area contributed by atoms with Gasteiger partial charge in [-0.15, -0.1) is 0 Å². The number of carbonyl (C=O) groups excluding carboxylic acids is 2. The van der Waals surface area contributed by atoms with Crippen molar-refractivity contribution in [1.29, 1.82) is 0 Å². The lowest BCUT2D eigenvalue weighted by molar-refractivity contribution is -0.119. The summed E-state index contributed by atoms with van der Waals surface area (Å²) >= 11 is 0. The van der Waals surface area contributed by atoms with Crippen molar-refractivity contribution in [2.24, 2.45) is 0 Å². The molecule has 0 saturated carbocycles. The second-order valence-corrected chi connectivity index (χ2v) is 7.32. The van der Waals surface area contributed by atoms with E-state index in [4.69, 9.17) is 9.47 Å². The van der Waals surface area contributed by atoms with Crippen LogP contribution >= 0.6 is 0 Å². The lowest BCUT2D eigenvalue weighted by Crippen LogP contribution is -2.21. The number of esters is 1. The molecule has 0 fully saturated rings. The number of anilines is 1. The number of nitrogens with one attached hydrogen (secondary N) is 1. The first-order valence-corrected chi connectivity index (χ1v) is 9.24. The van der Waals surface area contributed by atoms with Crippen molar-refractivity contribution in [3.8, 4) is 11.5 Å². The first kappa shape index (κ1) is 19.3. The molecule has 9 heteroatoms. The van der Waals surface area contributed by atoms with Crippen LogP contribution < -0.4 is 10.1 Å². The van der Waals surface area contributed by atoms with Crippen LogP contribution in [0.2, 0.25) is 0 Å². The third kappa shape index (κ3) is 4.96. The highest BCUT2D eigenvalue weighted by molar-refractivity contribution is 7.90. The van der Waals surface area contributed by atoms with Gasteiger partial charge < -0.3 is 19.9 Å². The molecular formula is C17H17NO7S. The van der Waals surface area contributed by atoms with Crippen molar-refractivity contribution >= 4 is 27.4 Å². The third-order valence-corrected chi connectivity index (χ3v) is 4.42. The van der Waals surface area contributed by atoms with Gasteiger partial charge in [0.05, 0.1) is 12.0 Å². The highest BCUT2D eigenvalue weighted by atomic mass is 32.2. The minimum Gasteiger partial charge on any atom is -0.507 e. The van der Waals surface area contributed by atoms with Crippen LogP contribution in [0.1, 0.15) is 10.4 Å². The van der Waals surface area contributed by atoms with E-state index in [1.165, 1.54) is 49.6 Å². The molecule has 1 amide bonds. The van der Waals surface area contributed by atoms with E-state index in [1.54, 1.807) is 0 Å². The predicted octanol–water partition coefficient (Wildman–Crippen LogP) is 1.60. The number of ether oxygens (including phenoxy) is 2. The normalized spacial score (nSPS) is 10.8. The first-order chi connectivity index (χ1) is 12.2. The predicted molar refractivity (Wildman–Crippen MR) is 93.1 cm³/mol. The van der Waals surface area contributed by atoms with E-state index in [0.29, 0.717) is 5.75 Å². The largest absolute Gasteiger partial charge is 0.507 e. The second-order valence-electron chi connectivity index (χ2n) is 5.31. The fourth-order valence-electron chi connectivity index (χ4n) is 2.02. The quantitative estimate of drug-likeness (QED) is 0.732. The van der Waals surface area contributed by atoms with Gasteiger partial charge in [0.25, 0.3) is 5.91 Å². The molecule has 26 heavy (non-hydrogen) atoms. The van der Waals surface area contributed by atoms with Crippen LogP contribution in [0, 0.1) is 0 Å². The van der Waals surface area contributed by atoms with Gasteiger partial charge >= 0.3 is 5.97 Å². The number of amides is 1. The number of hydrogen-bond donors (Lipinski definition) is 2. The summed E-state index contributed by atoms with van der Waals surface area (Å²) < 4.78 is 32.8. The SMILES string of the molecule is COc1ccc(C(=O)OCC(=O)Nc2cccc(S(C)(=O)=O)c2)c(O)c1. The molecule has 0 aliphatic rings. The summed E-state index contributed by atoms with van der Waals surface area (Å²) in [6, 6.07) is 9.70. The highest BCUT2D eigenvalue weighted by Crippen LogP contribution is 2.24. The van der Waals surface area contributed by atoms with Gasteiger partial charge in [-0.1, -0.05) is 6.07 Å². The molecule has 138 valence electrons. The summed E-state index contributed by atoms with van der Waals surface area (Å²) in [7, 11) is -2.00. The number of aromatic hydroxyl groups is 1. The lowest BCUT2D eigenvalue weighted by Gasteiger charge is -2.09. The minimum absolute atomic E-state index is 0.0513. The minimum atomic E-state index is -3.41. The third-order valence-electron chi connectivity index (χ3n) is 3.31. The van der Waals surface area contributed by atoms with E-state index in [2.05, 4.69) is 5.32 Å². The van der Waals surface area contributed by atoms with Crippen LogP contribution in [-0.2, 0) is 19.4 Å². The second kappa shape index (κ2) is 7.87. The maximum absolute atomic E-state index is 11.9. The van der Waals surface area contributed by atoms with Crippen molar-refractivity contribution in [3.63, 3.8) is 0 Å². The topological polar surface area (TPSA) is 119 Å². The monoisotopic (exact) mass is 379 g/mol. The molecule has 2 rings (SSSR count). The summed E-state index contributed by atoms with van der Waals surface area (Å²) in [6.45, 7) is -0.604. The Morgan fingerprint density at radius 2 is 1.88 bits per heavy atom. The van der Waals surface area contributed by atoms with Gasteiger partial charge in [-0.05, 0) is 30.3 Å². The number of phenols is 1. The van der Waals surface area contributed by atoms with Gasteiger partial charge in [-0.3, -0.25) is 4.79 Å². The zero-order valence-electron chi connectivity index (χ0n) is 14.1. The fourth-order valence-corrected chi connectivity index (χ4v) is 2.69. The van der Waals surface area contributed by atoms with Gasteiger partial charge in [-0.25, -0.2) is 13.2 Å². The molecule has 0 spiro atoms. The fraction of sp³-hybridized carbons (Fsp3) is 0.176. The zero-order valence-corrected chi connectivity index (χ0v) is 14.9. The van der Waals surface area contributed by atoms with E-state index in [1.807, 2.05) is 0 Å². The Hall–Kier alpha value is -3.07. The molecular weight excluding hydrogens is 362 g/mol. The highest BCUT2D eigenvalue weighted by Gasteiger charge is 2.15. The molecule has 0 radical (unpaired) electrons. The smallest absolute Gasteiger partial charge is 0.342 e. The van der Waals surface area contributed by atoms with Crippen molar-refractivity contribution < 1.29 is 32.6 Å². The van der Waals surface area contributed by atoms with Crippen molar-refractivity contribution in [2.45, 2.75) is 4.90 Å². The first-order valence-electron chi connectivity index (χ1n) is 7.35. The molecule has 0 aliphatic carbocycles. The number of benzene rings is 2. The van der Waals surface area contributed by atoms with Crippen LogP contribution in [0.3, 0.4) is 0 Å². The van der Waals surface area contributed by atoms with Gasteiger partial charge in [-0.2, -0.15) is 0 Å². The van der Waals surface area contributed by atoms with E-state index < -0.39 is 28.3 Å². The molecule has 0 aliphatic heterocycles. The lowest BCUT2D eigenvalue weighted by atomic mass is 10.2. The number of rotatable bonds is 6. The number of phenolic OH excluding ortho intramolecular Hbond substituents is 1. The summed E-state index contributed by atoms with van der Waals surface area (Å²) in [5.74, 6) is -1.51. The van der Waals surface area contributed by atoms with Crippen LogP contribution in [0.5, 0.6) is 11.5 Å². The van der Waals surface area contributed by atoms with Gasteiger partial charge in [0, 0.05) is 18.0 Å². The Kier molecular flexibility index (Phi) is 5.83. The molecule has 2 aromatic carbocycles. The van der Waals surface area contributed by atoms with Crippen LogP contribution in [0.15, 0.2) is 47.4 Å². The molecule has 8 nitrogen and oxygen atoms in total. The van der Waals surface area contributed by atoms with Gasteiger partial charge in [0.1, 0.15) is 17.1 Å². The van der Waals surface area contributed by atoms with Gasteiger partial charge in [0.2, 0.25) is 0 Å². The molecule has 2 aromatic rings. The van der Waals surface area contributed by atoms with Crippen molar-refractivity contribution in [3.05, 3.63) is 48.0 Å². The summed E-state index contributed by atoms with van der Waals surface area (Å²) in [5.41, 5.74) is 0.138. The summed E-state index contributed by atoms with van der Waals surface area (Å²) in [6.07, 6.45) is 1.05. The Labute approximate surface area is 150 Å². The molecule has 0 aromatic heterocycles. The molecule has 0 heterocycles. The van der Waals surface area contributed by atoms with Gasteiger partial charge in [0.15, 0.2) is 16.4 Å². The molecule has 0 bridgehead atoms. The molecule has 0 atom stereocenters. The number of carbonyl (C=O) groups is 2. The summed E-state index contributed by atoms with van der Waals surface area (Å²) in [4.78, 5) is 23.9. The van der Waals surface area contributed by atoms with Crippen molar-refractivity contribution in [2.75, 3.05) is 25.3 Å². The van der Waals surface area contributed by atoms with E-state index in [-0.39, 0.29) is 21.9 Å². The Morgan fingerprint density at radius 1 is 1.15 bits per heavy atom. The summed E-state index contributed by atoms with van der Waals surface area (Å²) in [5, 5.41) is 12.2. The van der Waals surface area contributed by atoms with Crippen molar-refractivity contribution in [1.82, 2.24) is 0 Å². The standard InChI is InChI=1S/C17H17NO7S/c1-24-12-6-7-14(15(19)9-12)17(21)25-10-16(20)18-11-4-3-5-13(8-11)26(2,22)23/h3-9,19H,10H2,1-2H3,(H,18,20). The van der Waals surface area contributed by atoms with Crippen LogP contribution in [-0.4, -0.2) is 45.4 Å². The Balaban J connectivity index is 1.98. The van der Waals surface area contributed by atoms with Crippen LogP contribution in [0.25, 0.3) is 0 Å². The average Bonchev–Trinajstić information content (AvgIpc) is 2.59. The average molecular weight is 379 g/mol. The number of hydrogen-bond acceptors (Lipinski definition) is 7. The zero-order chi connectivity index (χ0) is 19.3. The molecule has 2 N–H and O–H groups in total. The van der Waals surface area contributed by atoms with E-state index >= 15 is 0 Å². The Morgan fingerprint density at radius 3 is 2.50 bits per heavy atom. The Bertz CT molecular complexity index is 938. The van der Waals surface area contributed by atoms with Crippen LogP contribution in [0.4, 0.5) is 5.69 Å². The molecule has 0 saturated heterocycles.